The van der Waals surface area contributed by atoms with Crippen LogP contribution in [0, 0.1) is 0 Å². The van der Waals surface area contributed by atoms with Gasteiger partial charge < -0.3 is 5.32 Å². The van der Waals surface area contributed by atoms with Crippen LogP contribution in [0.3, 0.4) is 0 Å². The first-order chi connectivity index (χ1) is 11.5. The molecular weight excluding hydrogens is 338 g/mol. The zero-order valence-electron chi connectivity index (χ0n) is 14.0. The van der Waals surface area contributed by atoms with Gasteiger partial charge in [-0.05, 0) is 62.1 Å². The Labute approximate surface area is 151 Å². The number of benzene rings is 2. The Morgan fingerprint density at radius 2 is 1.67 bits per heavy atom. The van der Waals surface area contributed by atoms with Gasteiger partial charge in [0.25, 0.3) is 0 Å². The summed E-state index contributed by atoms with van der Waals surface area (Å²) in [6.07, 6.45) is 2.05. The van der Waals surface area contributed by atoms with E-state index in [1.54, 1.807) is 47.8 Å². The molecule has 3 nitrogen and oxygen atoms in total. The maximum absolute atomic E-state index is 12.3. The summed E-state index contributed by atoms with van der Waals surface area (Å²) >= 11 is 3.32. The van der Waals surface area contributed by atoms with Crippen molar-refractivity contribution in [1.29, 1.82) is 0 Å². The van der Waals surface area contributed by atoms with Gasteiger partial charge in [0.15, 0.2) is 5.78 Å². The second-order valence-corrected chi connectivity index (χ2v) is 7.63. The minimum atomic E-state index is -0.155. The van der Waals surface area contributed by atoms with Gasteiger partial charge in [-0.15, -0.1) is 23.5 Å². The molecule has 0 bridgehead atoms. The van der Waals surface area contributed by atoms with E-state index in [0.717, 1.165) is 5.75 Å². The molecule has 1 atom stereocenters. The highest BCUT2D eigenvalue weighted by Gasteiger charge is 2.14. The molecule has 0 saturated carbocycles. The molecule has 0 heterocycles. The quantitative estimate of drug-likeness (QED) is 0.566. The van der Waals surface area contributed by atoms with Gasteiger partial charge in [0, 0.05) is 21.9 Å². The zero-order valence-corrected chi connectivity index (χ0v) is 15.7. The molecule has 0 aliphatic heterocycles. The predicted molar refractivity (Wildman–Crippen MR) is 104 cm³/mol. The van der Waals surface area contributed by atoms with Crippen molar-refractivity contribution >= 4 is 40.9 Å². The molecule has 0 fully saturated rings. The summed E-state index contributed by atoms with van der Waals surface area (Å²) in [5, 5.41) is 2.73. The van der Waals surface area contributed by atoms with Gasteiger partial charge in [0.05, 0.1) is 5.25 Å². The van der Waals surface area contributed by atoms with Crippen LogP contribution < -0.4 is 5.32 Å². The number of nitrogens with one attached hydrogen (secondary N) is 1. The topological polar surface area (TPSA) is 46.2 Å². The SMILES string of the molecule is CSc1ccc(CSC(C)C(=O)Nc2ccc(C(C)=O)cc2)cc1. The van der Waals surface area contributed by atoms with Crippen molar-refractivity contribution in [2.75, 3.05) is 11.6 Å². The Morgan fingerprint density at radius 3 is 2.21 bits per heavy atom. The lowest BCUT2D eigenvalue weighted by Crippen LogP contribution is -2.22. The fourth-order valence-corrected chi connectivity index (χ4v) is 3.30. The van der Waals surface area contributed by atoms with Crippen molar-refractivity contribution in [2.45, 2.75) is 29.7 Å². The molecule has 126 valence electrons. The molecule has 0 aliphatic carbocycles. The normalized spacial score (nSPS) is 11.8. The summed E-state index contributed by atoms with van der Waals surface area (Å²) in [6, 6.07) is 15.4. The molecule has 2 rings (SSSR count). The van der Waals surface area contributed by atoms with E-state index in [2.05, 4.69) is 35.8 Å². The van der Waals surface area contributed by atoms with Gasteiger partial charge in [-0.2, -0.15) is 0 Å². The lowest BCUT2D eigenvalue weighted by Gasteiger charge is -2.12. The molecule has 1 unspecified atom stereocenters. The van der Waals surface area contributed by atoms with Gasteiger partial charge >= 0.3 is 0 Å². The number of carbonyl (C=O) groups excluding carboxylic acids is 2. The monoisotopic (exact) mass is 359 g/mol. The summed E-state index contributed by atoms with van der Waals surface area (Å²) in [5.74, 6) is 0.785. The standard InChI is InChI=1S/C19H21NO2S2/c1-13(21)16-6-8-17(9-7-16)20-19(22)14(2)24-12-15-4-10-18(23-3)11-5-15/h4-11,14H,12H2,1-3H3,(H,20,22). The highest BCUT2D eigenvalue weighted by molar-refractivity contribution is 7.99. The van der Waals surface area contributed by atoms with Crippen LogP contribution in [0.5, 0.6) is 0 Å². The fraction of sp³-hybridized carbons (Fsp3) is 0.263. The molecule has 0 aliphatic rings. The number of thioether (sulfide) groups is 2. The number of rotatable bonds is 7. The fourth-order valence-electron chi connectivity index (χ4n) is 2.05. The third-order valence-corrected chi connectivity index (χ3v) is 5.54. The average Bonchev–Trinajstić information content (AvgIpc) is 2.60. The van der Waals surface area contributed by atoms with Crippen LogP contribution in [-0.4, -0.2) is 23.2 Å². The van der Waals surface area contributed by atoms with Gasteiger partial charge in [-0.3, -0.25) is 9.59 Å². The number of hydrogen-bond donors (Lipinski definition) is 1. The lowest BCUT2D eigenvalue weighted by atomic mass is 10.1. The second-order valence-electron chi connectivity index (χ2n) is 5.42. The first-order valence-electron chi connectivity index (χ1n) is 7.66. The maximum Gasteiger partial charge on any atom is 0.237 e. The third-order valence-electron chi connectivity index (χ3n) is 3.59. The summed E-state index contributed by atoms with van der Waals surface area (Å²) in [5.41, 5.74) is 2.56. The van der Waals surface area contributed by atoms with Crippen molar-refractivity contribution in [3.63, 3.8) is 0 Å². The predicted octanol–water partition coefficient (Wildman–Crippen LogP) is 4.87. The van der Waals surface area contributed by atoms with E-state index in [9.17, 15) is 9.59 Å². The maximum atomic E-state index is 12.3. The van der Waals surface area contributed by atoms with Crippen LogP contribution in [-0.2, 0) is 10.5 Å². The van der Waals surface area contributed by atoms with Crippen LogP contribution in [0.25, 0.3) is 0 Å². The molecule has 2 aromatic carbocycles. The Morgan fingerprint density at radius 1 is 1.04 bits per heavy atom. The van der Waals surface area contributed by atoms with E-state index in [4.69, 9.17) is 0 Å². The molecule has 1 N–H and O–H groups in total. The molecule has 0 spiro atoms. The number of carbonyl (C=O) groups is 2. The number of amides is 1. The Kier molecular flexibility index (Phi) is 6.94. The van der Waals surface area contributed by atoms with Crippen molar-refractivity contribution in [3.05, 3.63) is 59.7 Å². The molecule has 0 aromatic heterocycles. The highest BCUT2D eigenvalue weighted by Crippen LogP contribution is 2.22. The van der Waals surface area contributed by atoms with Crippen LogP contribution in [0.1, 0.15) is 29.8 Å². The van der Waals surface area contributed by atoms with Gasteiger partial charge in [0.1, 0.15) is 0 Å². The number of anilines is 1. The van der Waals surface area contributed by atoms with E-state index in [-0.39, 0.29) is 16.9 Å². The van der Waals surface area contributed by atoms with Crippen molar-refractivity contribution in [3.8, 4) is 0 Å². The molecule has 24 heavy (non-hydrogen) atoms. The first kappa shape index (κ1) is 18.6. The van der Waals surface area contributed by atoms with E-state index in [1.807, 2.05) is 6.92 Å². The van der Waals surface area contributed by atoms with E-state index >= 15 is 0 Å². The largest absolute Gasteiger partial charge is 0.325 e. The number of hydrogen-bond acceptors (Lipinski definition) is 4. The molecule has 0 radical (unpaired) electrons. The number of ketones is 1. The van der Waals surface area contributed by atoms with E-state index in [0.29, 0.717) is 11.3 Å². The average molecular weight is 360 g/mol. The smallest absolute Gasteiger partial charge is 0.237 e. The molecule has 1 amide bonds. The summed E-state index contributed by atoms with van der Waals surface area (Å²) in [7, 11) is 0. The van der Waals surface area contributed by atoms with Crippen LogP contribution in [0.2, 0.25) is 0 Å². The Balaban J connectivity index is 1.85. The van der Waals surface area contributed by atoms with Crippen molar-refractivity contribution in [2.24, 2.45) is 0 Å². The minimum absolute atomic E-state index is 0.0179. The van der Waals surface area contributed by atoms with Gasteiger partial charge in [-0.25, -0.2) is 0 Å². The third kappa shape index (κ3) is 5.42. The minimum Gasteiger partial charge on any atom is -0.325 e. The first-order valence-corrected chi connectivity index (χ1v) is 9.93. The van der Waals surface area contributed by atoms with E-state index < -0.39 is 0 Å². The molecule has 0 saturated heterocycles. The van der Waals surface area contributed by atoms with Crippen molar-refractivity contribution < 1.29 is 9.59 Å². The van der Waals surface area contributed by atoms with Crippen LogP contribution in [0.15, 0.2) is 53.4 Å². The van der Waals surface area contributed by atoms with Gasteiger partial charge in [0.2, 0.25) is 5.91 Å². The zero-order chi connectivity index (χ0) is 17.5. The summed E-state index contributed by atoms with van der Waals surface area (Å²) in [6.45, 7) is 3.43. The second kappa shape index (κ2) is 8.94. The van der Waals surface area contributed by atoms with Crippen LogP contribution >= 0.6 is 23.5 Å². The Hall–Kier alpha value is -1.72. The van der Waals surface area contributed by atoms with E-state index in [1.165, 1.54) is 17.4 Å². The molecule has 5 heteroatoms. The molecular formula is C19H21NO2S2. The van der Waals surface area contributed by atoms with Gasteiger partial charge in [-0.1, -0.05) is 12.1 Å². The highest BCUT2D eigenvalue weighted by atomic mass is 32.2. The Bertz CT molecular complexity index is 696. The lowest BCUT2D eigenvalue weighted by molar-refractivity contribution is -0.115. The summed E-state index contributed by atoms with van der Waals surface area (Å²) in [4.78, 5) is 24.7. The van der Waals surface area contributed by atoms with Crippen LogP contribution in [0.4, 0.5) is 5.69 Å². The van der Waals surface area contributed by atoms with Crippen molar-refractivity contribution in [1.82, 2.24) is 0 Å². The summed E-state index contributed by atoms with van der Waals surface area (Å²) < 4.78 is 0. The number of Topliss-reactive ketones (excluding diaryl/α,β-unsaturated/α-hetero) is 1. The molecule has 2 aromatic rings.